The lowest BCUT2D eigenvalue weighted by Crippen LogP contribution is -2.28. The maximum absolute atomic E-state index is 12.3. The Morgan fingerprint density at radius 2 is 1.56 bits per heavy atom. The molecule has 0 amide bonds. The van der Waals surface area contributed by atoms with Crippen LogP contribution in [0, 0.1) is 0 Å². The van der Waals surface area contributed by atoms with E-state index in [-0.39, 0.29) is 35.0 Å². The van der Waals surface area contributed by atoms with Crippen molar-refractivity contribution in [1.82, 2.24) is 0 Å². The highest BCUT2D eigenvalue weighted by molar-refractivity contribution is 7.88. The van der Waals surface area contributed by atoms with Crippen LogP contribution >= 0.6 is 11.6 Å². The van der Waals surface area contributed by atoms with E-state index in [0.717, 1.165) is 12.1 Å². The Balaban J connectivity index is 0.000000363. The summed E-state index contributed by atoms with van der Waals surface area (Å²) in [5.74, 6) is -0.977. The van der Waals surface area contributed by atoms with Gasteiger partial charge in [-0.2, -0.15) is 21.6 Å². The molecule has 0 unspecified atom stereocenters. The van der Waals surface area contributed by atoms with Crippen molar-refractivity contribution in [2.24, 2.45) is 0 Å². The molecule has 13 heteroatoms. The molecular formula is C19H18ClF3O8S. The first-order chi connectivity index (χ1) is 14.9. The number of phenolic OH excluding ortho intramolecular Hbond substituents is 1. The normalized spacial score (nSPS) is 11.1. The summed E-state index contributed by atoms with van der Waals surface area (Å²) >= 11 is 5.63. The number of halogens is 4. The second-order valence-electron chi connectivity index (χ2n) is 5.60. The number of aromatic hydroxyl groups is 1. The fraction of sp³-hybridized carbons (Fsp3) is 0.263. The summed E-state index contributed by atoms with van der Waals surface area (Å²) in [5, 5.41) is 9.34. The Hall–Kier alpha value is -2.99. The molecule has 0 aliphatic rings. The zero-order valence-electron chi connectivity index (χ0n) is 16.7. The van der Waals surface area contributed by atoms with E-state index in [0.29, 0.717) is 18.6 Å². The first kappa shape index (κ1) is 27.0. The van der Waals surface area contributed by atoms with Gasteiger partial charge in [0.25, 0.3) is 0 Å². The number of alkyl halides is 3. The number of carbonyl (C=O) groups excluding carboxylic acids is 2. The van der Waals surface area contributed by atoms with Gasteiger partial charge >= 0.3 is 15.6 Å². The Bertz CT molecular complexity index is 1060. The van der Waals surface area contributed by atoms with Crippen LogP contribution in [-0.4, -0.2) is 44.8 Å². The highest BCUT2D eigenvalue weighted by Crippen LogP contribution is 2.37. The van der Waals surface area contributed by atoms with Crippen LogP contribution in [0.5, 0.6) is 23.0 Å². The number of carbonyl (C=O) groups is 2. The first-order valence-corrected chi connectivity index (χ1v) is 10.5. The molecule has 0 fully saturated rings. The van der Waals surface area contributed by atoms with Crippen LogP contribution in [0.2, 0.25) is 5.02 Å². The number of rotatable bonds is 8. The molecule has 8 nitrogen and oxygen atoms in total. The van der Waals surface area contributed by atoms with Crippen molar-refractivity contribution in [3.05, 3.63) is 46.5 Å². The van der Waals surface area contributed by atoms with Crippen LogP contribution in [0.1, 0.15) is 34.6 Å². The van der Waals surface area contributed by atoms with E-state index in [2.05, 4.69) is 4.18 Å². The lowest BCUT2D eigenvalue weighted by atomic mass is 10.2. The van der Waals surface area contributed by atoms with Crippen LogP contribution < -0.4 is 13.7 Å². The minimum atomic E-state index is -5.92. The second kappa shape index (κ2) is 11.6. The Morgan fingerprint density at radius 3 is 2.06 bits per heavy atom. The minimum Gasteiger partial charge on any atom is -0.504 e. The number of aldehydes is 2. The molecule has 2 aromatic carbocycles. The van der Waals surface area contributed by atoms with Gasteiger partial charge in [-0.15, -0.1) is 0 Å². The molecule has 2 rings (SSSR count). The lowest BCUT2D eigenvalue weighted by Gasteiger charge is -2.15. The van der Waals surface area contributed by atoms with Gasteiger partial charge in [-0.3, -0.25) is 9.59 Å². The summed E-state index contributed by atoms with van der Waals surface area (Å²) in [5.41, 5.74) is -5.86. The lowest BCUT2D eigenvalue weighted by molar-refractivity contribution is -0.0500. The second-order valence-corrected chi connectivity index (χ2v) is 7.58. The van der Waals surface area contributed by atoms with Crippen molar-refractivity contribution >= 4 is 34.3 Å². The molecule has 0 saturated carbocycles. The van der Waals surface area contributed by atoms with Crippen molar-refractivity contribution in [3.8, 4) is 23.0 Å². The minimum absolute atomic E-state index is 0.00106. The third-order valence-corrected chi connectivity index (χ3v) is 4.58. The van der Waals surface area contributed by atoms with Crippen molar-refractivity contribution in [2.75, 3.05) is 13.2 Å². The fourth-order valence-electron chi connectivity index (χ4n) is 2.09. The SMILES string of the molecule is CCOc1cc(Cl)cc(C=O)c1OS(=O)(=O)C(F)(F)F.CCOc1cccc(C=O)c1O. The van der Waals surface area contributed by atoms with Crippen LogP contribution in [0.3, 0.4) is 0 Å². The molecule has 32 heavy (non-hydrogen) atoms. The zero-order chi connectivity index (χ0) is 24.5. The van der Waals surface area contributed by atoms with Gasteiger partial charge in [-0.25, -0.2) is 0 Å². The van der Waals surface area contributed by atoms with E-state index < -0.39 is 26.9 Å². The highest BCUT2D eigenvalue weighted by Gasteiger charge is 2.49. The first-order valence-electron chi connectivity index (χ1n) is 8.74. The van der Waals surface area contributed by atoms with Crippen molar-refractivity contribution in [3.63, 3.8) is 0 Å². The summed E-state index contributed by atoms with van der Waals surface area (Å²) in [6, 6.07) is 6.81. The number of para-hydroxylation sites is 1. The average Bonchev–Trinajstić information content (AvgIpc) is 2.71. The highest BCUT2D eigenvalue weighted by atomic mass is 35.5. The van der Waals surface area contributed by atoms with Gasteiger partial charge < -0.3 is 18.8 Å². The summed E-state index contributed by atoms with van der Waals surface area (Å²) in [6.07, 6.45) is 0.702. The molecular weight excluding hydrogens is 481 g/mol. The van der Waals surface area contributed by atoms with E-state index in [1.807, 2.05) is 6.92 Å². The third-order valence-electron chi connectivity index (χ3n) is 3.41. The molecule has 176 valence electrons. The van der Waals surface area contributed by atoms with Gasteiger partial charge in [-0.1, -0.05) is 17.7 Å². The quantitative estimate of drug-likeness (QED) is 0.324. The maximum atomic E-state index is 12.3. The molecule has 0 aliphatic heterocycles. The van der Waals surface area contributed by atoms with E-state index in [1.165, 1.54) is 13.0 Å². The van der Waals surface area contributed by atoms with Gasteiger partial charge in [0.2, 0.25) is 0 Å². The number of phenols is 1. The Labute approximate surface area is 186 Å². The predicted octanol–water partition coefficient (Wildman–Crippen LogP) is 4.38. The van der Waals surface area contributed by atoms with Crippen LogP contribution in [0.4, 0.5) is 13.2 Å². The van der Waals surface area contributed by atoms with E-state index >= 15 is 0 Å². The number of benzene rings is 2. The Kier molecular flexibility index (Phi) is 9.79. The van der Waals surface area contributed by atoms with Crippen molar-refractivity contribution in [2.45, 2.75) is 19.4 Å². The molecule has 0 radical (unpaired) electrons. The molecule has 0 saturated heterocycles. The number of ether oxygens (including phenoxy) is 2. The van der Waals surface area contributed by atoms with Crippen molar-refractivity contribution in [1.29, 1.82) is 0 Å². The van der Waals surface area contributed by atoms with Crippen LogP contribution in [-0.2, 0) is 10.1 Å². The van der Waals surface area contributed by atoms with Crippen molar-refractivity contribution < 1.29 is 49.9 Å². The summed E-state index contributed by atoms with van der Waals surface area (Å²) in [4.78, 5) is 21.2. The van der Waals surface area contributed by atoms with Gasteiger partial charge in [0.15, 0.2) is 35.6 Å². The van der Waals surface area contributed by atoms with E-state index in [9.17, 15) is 36.3 Å². The van der Waals surface area contributed by atoms with Gasteiger partial charge in [0.1, 0.15) is 0 Å². The van der Waals surface area contributed by atoms with Crippen LogP contribution in [0.15, 0.2) is 30.3 Å². The molecule has 0 bridgehead atoms. The summed E-state index contributed by atoms with van der Waals surface area (Å²) in [6.45, 7) is 3.79. The molecule has 1 N–H and O–H groups in total. The van der Waals surface area contributed by atoms with Gasteiger partial charge in [-0.05, 0) is 32.0 Å². The zero-order valence-corrected chi connectivity index (χ0v) is 18.3. The van der Waals surface area contributed by atoms with Gasteiger partial charge in [0.05, 0.1) is 24.3 Å². The smallest absolute Gasteiger partial charge is 0.504 e. The topological polar surface area (TPSA) is 116 Å². The monoisotopic (exact) mass is 498 g/mol. The largest absolute Gasteiger partial charge is 0.534 e. The third kappa shape index (κ3) is 7.02. The molecule has 0 atom stereocenters. The fourth-order valence-corrected chi connectivity index (χ4v) is 2.80. The summed E-state index contributed by atoms with van der Waals surface area (Å²) in [7, 11) is -5.92. The molecule has 0 heterocycles. The van der Waals surface area contributed by atoms with E-state index in [1.54, 1.807) is 12.1 Å². The molecule has 0 spiro atoms. The number of hydrogen-bond donors (Lipinski definition) is 1. The maximum Gasteiger partial charge on any atom is 0.534 e. The van der Waals surface area contributed by atoms with E-state index in [4.69, 9.17) is 21.1 Å². The van der Waals surface area contributed by atoms with Gasteiger partial charge in [0, 0.05) is 11.1 Å². The molecule has 0 aromatic heterocycles. The standard InChI is InChI=1S/C10H8ClF3O5S.C9H10O3/c1-2-18-8-4-7(11)3-6(5-15)9(8)19-20(16,17)10(12,13)14;1-2-12-8-5-3-4-7(6-10)9(8)11/h3-5H,2H2,1H3;3-6,11H,2H2,1H3. The average molecular weight is 499 g/mol. The molecule has 0 aliphatic carbocycles. The Morgan fingerprint density at radius 1 is 1.00 bits per heavy atom. The predicted molar refractivity (Wildman–Crippen MR) is 108 cm³/mol. The van der Waals surface area contributed by atoms with Crippen LogP contribution in [0.25, 0.3) is 0 Å². The number of hydrogen-bond acceptors (Lipinski definition) is 8. The molecule has 2 aromatic rings. The summed E-state index contributed by atoms with van der Waals surface area (Å²) < 4.78 is 72.8.